The van der Waals surface area contributed by atoms with Gasteiger partial charge in [0.25, 0.3) is 0 Å². The Morgan fingerprint density at radius 3 is 2.73 bits per heavy atom. The average molecular weight is 227 g/mol. The maximum absolute atomic E-state index is 13.0. The first-order chi connectivity index (χ1) is 7.02. The smallest absolute Gasteiger partial charge is 0.164 e. The van der Waals surface area contributed by atoms with E-state index in [9.17, 15) is 9.18 Å². The lowest BCUT2D eigenvalue weighted by atomic mass is 10.0. The third-order valence-electron chi connectivity index (χ3n) is 2.03. The molecule has 0 aliphatic carbocycles. The quantitative estimate of drug-likeness (QED) is 0.560. The van der Waals surface area contributed by atoms with Gasteiger partial charge in [-0.2, -0.15) is 0 Å². The highest BCUT2D eigenvalue weighted by Crippen LogP contribution is 2.21. The maximum atomic E-state index is 13.0. The number of hydrogen-bond donors (Lipinski definition) is 0. The monoisotopic (exact) mass is 226 g/mol. The van der Waals surface area contributed by atoms with Gasteiger partial charge in [-0.05, 0) is 25.5 Å². The number of benzene rings is 1. The summed E-state index contributed by atoms with van der Waals surface area (Å²) in [5.41, 5.74) is 1.17. The Labute approximate surface area is 93.6 Å². The zero-order valence-corrected chi connectivity index (χ0v) is 9.27. The molecule has 0 aliphatic rings. The number of rotatable bonds is 4. The molecule has 0 heterocycles. The molecule has 1 nitrogen and oxygen atoms in total. The fourth-order valence-corrected chi connectivity index (χ4v) is 1.41. The minimum atomic E-state index is -0.558. The summed E-state index contributed by atoms with van der Waals surface area (Å²) in [7, 11) is 0. The van der Waals surface area contributed by atoms with Gasteiger partial charge in [0.1, 0.15) is 5.82 Å². The Morgan fingerprint density at radius 1 is 1.47 bits per heavy atom. The number of Topliss-reactive ketones (excluding diaryl/α,β-unsaturated/α-hetero) is 1. The van der Waals surface area contributed by atoms with Crippen molar-refractivity contribution in [3.05, 3.63) is 46.8 Å². The van der Waals surface area contributed by atoms with Crippen molar-refractivity contribution in [3.63, 3.8) is 0 Å². The molecular weight excluding hydrogens is 215 g/mol. The third-order valence-corrected chi connectivity index (χ3v) is 2.41. The Morgan fingerprint density at radius 2 is 2.13 bits per heavy atom. The summed E-state index contributed by atoms with van der Waals surface area (Å²) < 4.78 is 13.0. The Kier molecular flexibility index (Phi) is 4.04. The van der Waals surface area contributed by atoms with Crippen LogP contribution in [0, 0.1) is 5.82 Å². The van der Waals surface area contributed by atoms with Crippen LogP contribution in [0.5, 0.6) is 0 Å². The summed E-state index contributed by atoms with van der Waals surface area (Å²) in [4.78, 5) is 11.6. The van der Waals surface area contributed by atoms with Gasteiger partial charge in [-0.1, -0.05) is 23.2 Å². The van der Waals surface area contributed by atoms with Gasteiger partial charge in [0.05, 0.1) is 5.02 Å². The van der Waals surface area contributed by atoms with E-state index in [0.717, 1.165) is 5.57 Å². The average Bonchev–Trinajstić information content (AvgIpc) is 2.18. The Balaban J connectivity index is 2.82. The molecule has 1 aromatic rings. The molecule has 0 aliphatic heterocycles. The fourth-order valence-electron chi connectivity index (χ4n) is 1.18. The number of halogens is 2. The van der Waals surface area contributed by atoms with Gasteiger partial charge in [0, 0.05) is 12.0 Å². The molecule has 0 saturated carbocycles. The van der Waals surface area contributed by atoms with Crippen LogP contribution in [-0.4, -0.2) is 5.78 Å². The van der Waals surface area contributed by atoms with E-state index in [4.69, 9.17) is 11.6 Å². The van der Waals surface area contributed by atoms with Gasteiger partial charge in [-0.15, -0.1) is 6.58 Å². The van der Waals surface area contributed by atoms with Crippen LogP contribution in [0.15, 0.2) is 30.4 Å². The van der Waals surface area contributed by atoms with E-state index in [1.165, 1.54) is 18.2 Å². The van der Waals surface area contributed by atoms with Gasteiger partial charge in [0.2, 0.25) is 0 Å². The van der Waals surface area contributed by atoms with Crippen molar-refractivity contribution in [2.24, 2.45) is 0 Å². The third kappa shape index (κ3) is 3.17. The molecule has 1 aromatic carbocycles. The topological polar surface area (TPSA) is 17.1 Å². The van der Waals surface area contributed by atoms with Crippen molar-refractivity contribution in [3.8, 4) is 0 Å². The van der Waals surface area contributed by atoms with Gasteiger partial charge in [-0.25, -0.2) is 4.39 Å². The molecule has 0 saturated heterocycles. The first-order valence-corrected chi connectivity index (χ1v) is 5.01. The molecule has 15 heavy (non-hydrogen) atoms. The fraction of sp³-hybridized carbons (Fsp3) is 0.250. The molecule has 0 fully saturated rings. The standard InChI is InChI=1S/C12H12ClFO/c1-8(2)6-7-11(15)9-4-3-5-10(14)12(9)13/h3-5H,1,6-7H2,2H3. The molecule has 80 valence electrons. The van der Waals surface area contributed by atoms with E-state index in [0.29, 0.717) is 12.8 Å². The molecule has 0 radical (unpaired) electrons. The molecule has 0 N–H and O–H groups in total. The summed E-state index contributed by atoms with van der Waals surface area (Å²) in [6, 6.07) is 4.25. The highest BCUT2D eigenvalue weighted by atomic mass is 35.5. The lowest BCUT2D eigenvalue weighted by molar-refractivity contribution is 0.0982. The van der Waals surface area contributed by atoms with E-state index in [-0.39, 0.29) is 16.4 Å². The highest BCUT2D eigenvalue weighted by Gasteiger charge is 2.12. The number of allylic oxidation sites excluding steroid dienone is 1. The molecule has 1 rings (SSSR count). The molecule has 0 aromatic heterocycles. The summed E-state index contributed by atoms with van der Waals surface area (Å²) in [6.45, 7) is 5.55. The van der Waals surface area contributed by atoms with Gasteiger partial charge in [-0.3, -0.25) is 4.79 Å². The van der Waals surface area contributed by atoms with E-state index in [1.54, 1.807) is 0 Å². The SMILES string of the molecule is C=C(C)CCC(=O)c1cccc(F)c1Cl. The predicted molar refractivity (Wildman–Crippen MR) is 59.8 cm³/mol. The Hall–Kier alpha value is -1.15. The normalized spacial score (nSPS) is 10.1. The lowest BCUT2D eigenvalue weighted by Crippen LogP contribution is -2.01. The molecule has 3 heteroatoms. The largest absolute Gasteiger partial charge is 0.294 e. The minimum absolute atomic E-state index is 0.0933. The van der Waals surface area contributed by atoms with E-state index >= 15 is 0 Å². The molecule has 0 atom stereocenters. The van der Waals surface area contributed by atoms with Crippen LogP contribution in [-0.2, 0) is 0 Å². The van der Waals surface area contributed by atoms with Crippen LogP contribution in [0.4, 0.5) is 4.39 Å². The van der Waals surface area contributed by atoms with Crippen LogP contribution in [0.2, 0.25) is 5.02 Å². The maximum Gasteiger partial charge on any atom is 0.164 e. The second-order valence-corrected chi connectivity index (χ2v) is 3.86. The van der Waals surface area contributed by atoms with Crippen molar-refractivity contribution >= 4 is 17.4 Å². The van der Waals surface area contributed by atoms with Gasteiger partial charge in [0.15, 0.2) is 5.78 Å². The van der Waals surface area contributed by atoms with Gasteiger partial charge >= 0.3 is 0 Å². The second kappa shape index (κ2) is 5.08. The first-order valence-electron chi connectivity index (χ1n) is 4.64. The zero-order valence-electron chi connectivity index (χ0n) is 8.52. The number of carbonyl (C=O) groups is 1. The van der Waals surface area contributed by atoms with Crippen LogP contribution in [0.3, 0.4) is 0 Å². The Bertz CT molecular complexity index is 399. The van der Waals surface area contributed by atoms with E-state index in [2.05, 4.69) is 6.58 Å². The second-order valence-electron chi connectivity index (χ2n) is 3.48. The molecule has 0 amide bonds. The summed E-state index contributed by atoms with van der Waals surface area (Å²) in [6.07, 6.45) is 0.921. The minimum Gasteiger partial charge on any atom is -0.294 e. The summed E-state index contributed by atoms with van der Waals surface area (Å²) in [5, 5.41) is -0.0933. The van der Waals surface area contributed by atoms with Crippen LogP contribution >= 0.6 is 11.6 Å². The van der Waals surface area contributed by atoms with Crippen molar-refractivity contribution < 1.29 is 9.18 Å². The lowest BCUT2D eigenvalue weighted by Gasteiger charge is -2.03. The van der Waals surface area contributed by atoms with Crippen LogP contribution < -0.4 is 0 Å². The van der Waals surface area contributed by atoms with Crippen molar-refractivity contribution in [1.29, 1.82) is 0 Å². The number of carbonyl (C=O) groups excluding carboxylic acids is 1. The zero-order chi connectivity index (χ0) is 11.4. The van der Waals surface area contributed by atoms with Crippen molar-refractivity contribution in [1.82, 2.24) is 0 Å². The molecular formula is C12H12ClFO. The van der Waals surface area contributed by atoms with Crippen LogP contribution in [0.25, 0.3) is 0 Å². The molecule has 0 spiro atoms. The predicted octanol–water partition coefficient (Wildman–Crippen LogP) is 4.02. The van der Waals surface area contributed by atoms with E-state index < -0.39 is 5.82 Å². The number of ketones is 1. The van der Waals surface area contributed by atoms with Crippen LogP contribution in [0.1, 0.15) is 30.1 Å². The van der Waals surface area contributed by atoms with Crippen molar-refractivity contribution in [2.45, 2.75) is 19.8 Å². The summed E-state index contributed by atoms with van der Waals surface area (Å²) in [5.74, 6) is -0.708. The van der Waals surface area contributed by atoms with Gasteiger partial charge < -0.3 is 0 Å². The molecule has 0 bridgehead atoms. The van der Waals surface area contributed by atoms with E-state index in [1.807, 2.05) is 6.92 Å². The summed E-state index contributed by atoms with van der Waals surface area (Å²) >= 11 is 5.69. The number of hydrogen-bond acceptors (Lipinski definition) is 1. The van der Waals surface area contributed by atoms with Crippen molar-refractivity contribution in [2.75, 3.05) is 0 Å². The molecule has 0 unspecified atom stereocenters. The highest BCUT2D eigenvalue weighted by molar-refractivity contribution is 6.34. The first kappa shape index (κ1) is 11.9.